The van der Waals surface area contributed by atoms with E-state index in [0.717, 1.165) is 31.1 Å². The van der Waals surface area contributed by atoms with Crippen molar-refractivity contribution in [3.63, 3.8) is 0 Å². The summed E-state index contributed by atoms with van der Waals surface area (Å²) >= 11 is 0. The third-order valence-corrected chi connectivity index (χ3v) is 4.71. The van der Waals surface area contributed by atoms with Crippen LogP contribution >= 0.6 is 0 Å². The van der Waals surface area contributed by atoms with Gasteiger partial charge in [-0.3, -0.25) is 0 Å². The van der Waals surface area contributed by atoms with E-state index in [9.17, 15) is 0 Å². The maximum Gasteiger partial charge on any atom is 0.0431 e. The van der Waals surface area contributed by atoms with Gasteiger partial charge in [-0.05, 0) is 63.2 Å². The average Bonchev–Trinajstić information content (AvgIpc) is 2.94. The Morgan fingerprint density at radius 2 is 1.71 bits per heavy atom. The van der Waals surface area contributed by atoms with Crippen LogP contribution in [0.15, 0.2) is 24.3 Å². The number of hydrogen-bond donors (Lipinski definition) is 1. The van der Waals surface area contributed by atoms with E-state index in [1.165, 1.54) is 57.8 Å². The van der Waals surface area contributed by atoms with Crippen molar-refractivity contribution in [2.75, 3.05) is 6.61 Å². The summed E-state index contributed by atoms with van der Waals surface area (Å²) in [5, 5.41) is 8.75. The Kier molecular flexibility index (Phi) is 11.6. The quantitative estimate of drug-likeness (QED) is 0.343. The molecule has 1 N–H and O–H groups in total. The molecule has 1 aliphatic carbocycles. The molecule has 0 unspecified atom stereocenters. The molecule has 0 aliphatic heterocycles. The number of rotatable bonds is 12. The first-order valence-electron chi connectivity index (χ1n) is 9.31. The SMILES string of the molecule is CCCCCCC=C[C@H]1CCC[C@@H]1CC=CCCCCO. The second-order valence-electron chi connectivity index (χ2n) is 6.56. The predicted octanol–water partition coefficient (Wildman–Crippen LogP) is 6.04. The zero-order valence-electron chi connectivity index (χ0n) is 14.1. The predicted molar refractivity (Wildman–Crippen MR) is 93.4 cm³/mol. The van der Waals surface area contributed by atoms with Gasteiger partial charge in [0.15, 0.2) is 0 Å². The third kappa shape index (κ3) is 9.14. The zero-order valence-corrected chi connectivity index (χ0v) is 14.1. The van der Waals surface area contributed by atoms with Crippen molar-refractivity contribution in [2.24, 2.45) is 11.8 Å². The highest BCUT2D eigenvalue weighted by Gasteiger charge is 2.23. The molecule has 2 atom stereocenters. The molecule has 122 valence electrons. The van der Waals surface area contributed by atoms with E-state index in [-0.39, 0.29) is 0 Å². The van der Waals surface area contributed by atoms with Gasteiger partial charge in [-0.2, -0.15) is 0 Å². The van der Waals surface area contributed by atoms with Gasteiger partial charge in [-0.15, -0.1) is 0 Å². The molecule has 0 spiro atoms. The summed E-state index contributed by atoms with van der Waals surface area (Å²) in [6.45, 7) is 2.61. The molecule has 0 radical (unpaired) electrons. The van der Waals surface area contributed by atoms with Gasteiger partial charge in [0, 0.05) is 6.61 Å². The summed E-state index contributed by atoms with van der Waals surface area (Å²) in [5.74, 6) is 1.71. The fourth-order valence-electron chi connectivity index (χ4n) is 3.33. The topological polar surface area (TPSA) is 20.2 Å². The fraction of sp³-hybridized carbons (Fsp3) is 0.800. The Hall–Kier alpha value is -0.560. The van der Waals surface area contributed by atoms with Crippen LogP contribution in [0.3, 0.4) is 0 Å². The summed E-state index contributed by atoms with van der Waals surface area (Å²) in [5.41, 5.74) is 0. The Bertz CT molecular complexity index is 280. The van der Waals surface area contributed by atoms with Crippen LogP contribution in [0.1, 0.15) is 84.0 Å². The van der Waals surface area contributed by atoms with Crippen molar-refractivity contribution in [3.8, 4) is 0 Å². The molecule has 0 heterocycles. The van der Waals surface area contributed by atoms with Crippen molar-refractivity contribution < 1.29 is 5.11 Å². The van der Waals surface area contributed by atoms with Crippen LogP contribution in [0.4, 0.5) is 0 Å². The molecule has 1 nitrogen and oxygen atoms in total. The molecular weight excluding hydrogens is 256 g/mol. The van der Waals surface area contributed by atoms with Crippen LogP contribution in [0.2, 0.25) is 0 Å². The fourth-order valence-corrected chi connectivity index (χ4v) is 3.33. The number of aliphatic hydroxyl groups is 1. The monoisotopic (exact) mass is 292 g/mol. The lowest BCUT2D eigenvalue weighted by molar-refractivity contribution is 0.285. The van der Waals surface area contributed by atoms with E-state index in [2.05, 4.69) is 31.2 Å². The molecule has 0 amide bonds. The second kappa shape index (κ2) is 13.1. The molecule has 1 heteroatoms. The first kappa shape index (κ1) is 18.5. The van der Waals surface area contributed by atoms with Crippen LogP contribution < -0.4 is 0 Å². The molecule has 21 heavy (non-hydrogen) atoms. The van der Waals surface area contributed by atoms with Gasteiger partial charge < -0.3 is 5.11 Å². The minimum Gasteiger partial charge on any atom is -0.396 e. The Morgan fingerprint density at radius 1 is 0.905 bits per heavy atom. The molecule has 1 saturated carbocycles. The summed E-state index contributed by atoms with van der Waals surface area (Å²) in [4.78, 5) is 0. The molecular formula is C20H36O. The number of allylic oxidation sites excluding steroid dienone is 4. The first-order valence-corrected chi connectivity index (χ1v) is 9.31. The van der Waals surface area contributed by atoms with E-state index in [0.29, 0.717) is 6.61 Å². The molecule has 1 rings (SSSR count). The normalized spacial score (nSPS) is 22.8. The molecule has 0 aromatic rings. The summed E-state index contributed by atoms with van der Waals surface area (Å²) in [6, 6.07) is 0. The van der Waals surface area contributed by atoms with Crippen molar-refractivity contribution in [2.45, 2.75) is 84.0 Å². The first-order chi connectivity index (χ1) is 10.4. The van der Waals surface area contributed by atoms with Gasteiger partial charge in [-0.25, -0.2) is 0 Å². The van der Waals surface area contributed by atoms with Gasteiger partial charge in [-0.1, -0.05) is 56.9 Å². The van der Waals surface area contributed by atoms with E-state index in [1.54, 1.807) is 0 Å². The maximum absolute atomic E-state index is 8.75. The lowest BCUT2D eigenvalue weighted by atomic mass is 9.92. The molecule has 0 saturated heterocycles. The average molecular weight is 293 g/mol. The lowest BCUT2D eigenvalue weighted by Gasteiger charge is -2.14. The van der Waals surface area contributed by atoms with Crippen LogP contribution in [-0.4, -0.2) is 11.7 Å². The molecule has 0 aromatic heterocycles. The van der Waals surface area contributed by atoms with Crippen molar-refractivity contribution >= 4 is 0 Å². The summed E-state index contributed by atoms with van der Waals surface area (Å²) < 4.78 is 0. The highest BCUT2D eigenvalue weighted by atomic mass is 16.2. The molecule has 0 bridgehead atoms. The van der Waals surface area contributed by atoms with Crippen LogP contribution in [0, 0.1) is 11.8 Å². The van der Waals surface area contributed by atoms with Crippen LogP contribution in [0.25, 0.3) is 0 Å². The Labute approximate surface area is 132 Å². The summed E-state index contributed by atoms with van der Waals surface area (Å²) in [7, 11) is 0. The molecule has 0 aromatic carbocycles. The van der Waals surface area contributed by atoms with Gasteiger partial charge in [0.05, 0.1) is 0 Å². The Balaban J connectivity index is 2.14. The number of hydrogen-bond acceptors (Lipinski definition) is 1. The molecule has 1 aliphatic rings. The standard InChI is InChI=1S/C20H36O/c1-2-3-4-5-7-10-14-19-16-13-17-20(19)15-11-8-6-9-12-18-21/h8,10-11,14,19-21H,2-7,9,12-13,15-18H2,1H3/t19-,20-/m0/s1. The van der Waals surface area contributed by atoms with Gasteiger partial charge in [0.2, 0.25) is 0 Å². The van der Waals surface area contributed by atoms with Crippen LogP contribution in [-0.2, 0) is 0 Å². The highest BCUT2D eigenvalue weighted by molar-refractivity contribution is 4.97. The Morgan fingerprint density at radius 3 is 2.52 bits per heavy atom. The minimum atomic E-state index is 0.335. The van der Waals surface area contributed by atoms with E-state index in [1.807, 2.05) is 0 Å². The second-order valence-corrected chi connectivity index (χ2v) is 6.56. The van der Waals surface area contributed by atoms with E-state index < -0.39 is 0 Å². The van der Waals surface area contributed by atoms with E-state index >= 15 is 0 Å². The lowest BCUT2D eigenvalue weighted by Crippen LogP contribution is -2.03. The molecule has 1 fully saturated rings. The van der Waals surface area contributed by atoms with Gasteiger partial charge in [0.1, 0.15) is 0 Å². The van der Waals surface area contributed by atoms with Gasteiger partial charge in [0.25, 0.3) is 0 Å². The van der Waals surface area contributed by atoms with E-state index in [4.69, 9.17) is 5.11 Å². The maximum atomic E-state index is 8.75. The van der Waals surface area contributed by atoms with Gasteiger partial charge >= 0.3 is 0 Å². The van der Waals surface area contributed by atoms with Crippen molar-refractivity contribution in [1.29, 1.82) is 0 Å². The van der Waals surface area contributed by atoms with Crippen LogP contribution in [0.5, 0.6) is 0 Å². The van der Waals surface area contributed by atoms with Crippen molar-refractivity contribution in [1.82, 2.24) is 0 Å². The number of aliphatic hydroxyl groups excluding tert-OH is 1. The largest absolute Gasteiger partial charge is 0.396 e. The summed E-state index contributed by atoms with van der Waals surface area (Å²) in [6.07, 6.45) is 25.1. The van der Waals surface area contributed by atoms with Crippen molar-refractivity contribution in [3.05, 3.63) is 24.3 Å². The minimum absolute atomic E-state index is 0.335. The third-order valence-electron chi connectivity index (χ3n) is 4.71. The zero-order chi connectivity index (χ0) is 15.2. The number of unbranched alkanes of at least 4 members (excludes halogenated alkanes) is 6. The smallest absolute Gasteiger partial charge is 0.0431 e. The highest BCUT2D eigenvalue weighted by Crippen LogP contribution is 2.35.